The maximum Gasteiger partial charge on any atom is 0.191 e. The summed E-state index contributed by atoms with van der Waals surface area (Å²) < 4.78 is 13.6. The lowest BCUT2D eigenvalue weighted by atomic mass is 9.98. The molecule has 0 spiro atoms. The molecule has 25 heavy (non-hydrogen) atoms. The number of likely N-dealkylation sites (tertiary alicyclic amines) is 1. The van der Waals surface area contributed by atoms with Crippen LogP contribution in [0.2, 0.25) is 0 Å². The van der Waals surface area contributed by atoms with Gasteiger partial charge >= 0.3 is 0 Å². The fourth-order valence-electron chi connectivity index (χ4n) is 3.09. The van der Waals surface area contributed by atoms with Gasteiger partial charge in [-0.2, -0.15) is 0 Å². The van der Waals surface area contributed by atoms with Gasteiger partial charge in [0, 0.05) is 19.6 Å². The summed E-state index contributed by atoms with van der Waals surface area (Å²) >= 11 is 0. The normalized spacial score (nSPS) is 18.6. The van der Waals surface area contributed by atoms with Gasteiger partial charge in [-0.15, -0.1) is 24.0 Å². The van der Waals surface area contributed by atoms with E-state index in [0.29, 0.717) is 18.0 Å². The smallest absolute Gasteiger partial charge is 0.191 e. The Balaban J connectivity index is 0.00000312. The van der Waals surface area contributed by atoms with Crippen LogP contribution in [0.3, 0.4) is 0 Å². The maximum absolute atomic E-state index is 13.6. The van der Waals surface area contributed by atoms with E-state index < -0.39 is 0 Å². The zero-order chi connectivity index (χ0) is 17.4. The molecule has 2 N–H and O–H groups in total. The van der Waals surface area contributed by atoms with Gasteiger partial charge in [0.1, 0.15) is 5.82 Å². The van der Waals surface area contributed by atoms with Crippen LogP contribution in [0.15, 0.2) is 23.2 Å². The van der Waals surface area contributed by atoms with Gasteiger partial charge in [0.25, 0.3) is 0 Å². The van der Waals surface area contributed by atoms with Crippen LogP contribution in [0, 0.1) is 18.7 Å². The first-order valence-corrected chi connectivity index (χ1v) is 9.12. The van der Waals surface area contributed by atoms with E-state index in [4.69, 9.17) is 0 Å². The Hall–Kier alpha value is -0.890. The average molecular weight is 462 g/mol. The summed E-state index contributed by atoms with van der Waals surface area (Å²) in [7, 11) is 0. The van der Waals surface area contributed by atoms with Crippen LogP contribution in [-0.2, 0) is 6.54 Å². The minimum atomic E-state index is -0.164. The lowest BCUT2D eigenvalue weighted by molar-refractivity contribution is 0.183. The number of nitrogens with zero attached hydrogens (tertiary/aromatic N) is 2. The highest BCUT2D eigenvalue weighted by atomic mass is 127. The second-order valence-corrected chi connectivity index (χ2v) is 6.56. The van der Waals surface area contributed by atoms with Crippen LogP contribution >= 0.6 is 24.0 Å². The van der Waals surface area contributed by atoms with Gasteiger partial charge in [-0.05, 0) is 62.9 Å². The molecule has 0 saturated carbocycles. The number of aliphatic imine (C=N–C) groups is 1. The topological polar surface area (TPSA) is 39.7 Å². The summed E-state index contributed by atoms with van der Waals surface area (Å²) in [5, 5.41) is 6.72. The predicted octanol–water partition coefficient (Wildman–Crippen LogP) is 3.54. The van der Waals surface area contributed by atoms with Gasteiger partial charge in [-0.3, -0.25) is 0 Å². The third kappa shape index (κ3) is 7.48. The van der Waals surface area contributed by atoms with Crippen LogP contribution < -0.4 is 10.6 Å². The molecule has 2 rings (SSSR count). The quantitative estimate of drug-likeness (QED) is 0.386. The number of benzene rings is 1. The summed E-state index contributed by atoms with van der Waals surface area (Å²) in [5.74, 6) is 1.31. The monoisotopic (exact) mass is 462 g/mol. The standard InChI is InChI=1S/C19H31FN4.HI/c1-4-21-19(22-12-16-9-8-15(3)18(20)11-16)23-13-17-7-6-10-24(5-2)14-17;/h8-9,11,17H,4-7,10,12-14H2,1-3H3,(H2,21,22,23);1H. The Morgan fingerprint density at radius 2 is 2.12 bits per heavy atom. The molecule has 0 bridgehead atoms. The molecule has 1 aromatic rings. The molecule has 1 saturated heterocycles. The molecular formula is C19H32FIN4. The van der Waals surface area contributed by atoms with E-state index in [-0.39, 0.29) is 29.8 Å². The van der Waals surface area contributed by atoms with E-state index in [2.05, 4.69) is 34.4 Å². The molecule has 0 aliphatic carbocycles. The molecule has 0 aromatic heterocycles. The molecule has 1 aliphatic heterocycles. The Kier molecular flexibility index (Phi) is 10.3. The summed E-state index contributed by atoms with van der Waals surface area (Å²) in [6.45, 7) is 11.8. The Labute approximate surface area is 168 Å². The fourth-order valence-corrected chi connectivity index (χ4v) is 3.09. The maximum atomic E-state index is 13.6. The second kappa shape index (κ2) is 11.7. The van der Waals surface area contributed by atoms with Gasteiger partial charge in [0.15, 0.2) is 5.96 Å². The molecule has 1 fully saturated rings. The van der Waals surface area contributed by atoms with Crippen LogP contribution in [0.1, 0.15) is 37.8 Å². The number of rotatable bonds is 6. The van der Waals surface area contributed by atoms with Crippen molar-refractivity contribution >= 4 is 29.9 Å². The van der Waals surface area contributed by atoms with Crippen molar-refractivity contribution in [3.8, 4) is 0 Å². The second-order valence-electron chi connectivity index (χ2n) is 6.56. The molecule has 1 aromatic carbocycles. The van der Waals surface area contributed by atoms with E-state index >= 15 is 0 Å². The van der Waals surface area contributed by atoms with Crippen molar-refractivity contribution in [2.45, 2.75) is 40.2 Å². The van der Waals surface area contributed by atoms with E-state index in [0.717, 1.165) is 37.7 Å². The van der Waals surface area contributed by atoms with Crippen molar-refractivity contribution in [2.24, 2.45) is 10.9 Å². The highest BCUT2D eigenvalue weighted by molar-refractivity contribution is 14.0. The lowest BCUT2D eigenvalue weighted by Gasteiger charge is -2.32. The Morgan fingerprint density at radius 3 is 2.80 bits per heavy atom. The van der Waals surface area contributed by atoms with Crippen LogP contribution in [0.25, 0.3) is 0 Å². The molecular weight excluding hydrogens is 430 g/mol. The summed E-state index contributed by atoms with van der Waals surface area (Å²) in [6.07, 6.45) is 2.54. The average Bonchev–Trinajstić information content (AvgIpc) is 2.60. The van der Waals surface area contributed by atoms with E-state index in [1.165, 1.54) is 19.4 Å². The number of hydrogen-bond acceptors (Lipinski definition) is 2. The van der Waals surface area contributed by atoms with Crippen molar-refractivity contribution < 1.29 is 4.39 Å². The zero-order valence-electron chi connectivity index (χ0n) is 15.6. The fraction of sp³-hybridized carbons (Fsp3) is 0.632. The third-order valence-electron chi connectivity index (χ3n) is 4.61. The van der Waals surface area contributed by atoms with Crippen LogP contribution in [0.5, 0.6) is 0 Å². The number of nitrogens with one attached hydrogen (secondary N) is 2. The minimum Gasteiger partial charge on any atom is -0.357 e. The van der Waals surface area contributed by atoms with E-state index in [1.54, 1.807) is 13.0 Å². The van der Waals surface area contributed by atoms with E-state index in [1.807, 2.05) is 12.1 Å². The highest BCUT2D eigenvalue weighted by Gasteiger charge is 2.18. The molecule has 1 aliphatic rings. The van der Waals surface area contributed by atoms with Gasteiger partial charge in [-0.1, -0.05) is 19.1 Å². The zero-order valence-corrected chi connectivity index (χ0v) is 18.0. The molecule has 0 radical (unpaired) electrons. The molecule has 1 atom stereocenters. The number of aryl methyl sites for hydroxylation is 1. The minimum absolute atomic E-state index is 0. The highest BCUT2D eigenvalue weighted by Crippen LogP contribution is 2.15. The molecule has 6 heteroatoms. The van der Waals surface area contributed by atoms with Gasteiger partial charge in [0.2, 0.25) is 0 Å². The van der Waals surface area contributed by atoms with Crippen LogP contribution in [0.4, 0.5) is 4.39 Å². The molecule has 142 valence electrons. The number of hydrogen-bond donors (Lipinski definition) is 2. The molecule has 0 amide bonds. The number of piperidine rings is 1. The molecule has 4 nitrogen and oxygen atoms in total. The summed E-state index contributed by atoms with van der Waals surface area (Å²) in [5.41, 5.74) is 1.57. The first-order chi connectivity index (χ1) is 11.6. The third-order valence-corrected chi connectivity index (χ3v) is 4.61. The van der Waals surface area contributed by atoms with Crippen molar-refractivity contribution in [1.82, 2.24) is 15.5 Å². The van der Waals surface area contributed by atoms with Crippen LogP contribution in [-0.4, -0.2) is 43.6 Å². The first-order valence-electron chi connectivity index (χ1n) is 9.12. The lowest BCUT2D eigenvalue weighted by Crippen LogP contribution is -2.44. The predicted molar refractivity (Wildman–Crippen MR) is 114 cm³/mol. The van der Waals surface area contributed by atoms with Crippen molar-refractivity contribution in [1.29, 1.82) is 0 Å². The van der Waals surface area contributed by atoms with Crippen molar-refractivity contribution in [3.05, 3.63) is 35.1 Å². The van der Waals surface area contributed by atoms with Gasteiger partial charge in [-0.25, -0.2) is 9.38 Å². The van der Waals surface area contributed by atoms with Crippen molar-refractivity contribution in [2.75, 3.05) is 32.7 Å². The molecule has 1 heterocycles. The summed E-state index contributed by atoms with van der Waals surface area (Å²) in [6, 6.07) is 5.32. The Morgan fingerprint density at radius 1 is 1.32 bits per heavy atom. The van der Waals surface area contributed by atoms with Gasteiger partial charge in [0.05, 0.1) is 6.54 Å². The Bertz CT molecular complexity index is 550. The van der Waals surface area contributed by atoms with Crippen molar-refractivity contribution in [3.63, 3.8) is 0 Å². The largest absolute Gasteiger partial charge is 0.357 e. The number of guanidine groups is 1. The summed E-state index contributed by atoms with van der Waals surface area (Å²) in [4.78, 5) is 7.10. The SMILES string of the molecule is CCNC(=NCc1ccc(C)c(F)c1)NCC1CCCN(CC)C1.I. The van der Waals surface area contributed by atoms with E-state index in [9.17, 15) is 4.39 Å². The van der Waals surface area contributed by atoms with Gasteiger partial charge < -0.3 is 15.5 Å². The molecule has 1 unspecified atom stereocenters. The number of halogens is 2. The first kappa shape index (κ1) is 22.2.